The zero-order valence-corrected chi connectivity index (χ0v) is 19.4. The van der Waals surface area contributed by atoms with E-state index in [1.165, 1.54) is 0 Å². The third kappa shape index (κ3) is 4.05. The fourth-order valence-electron chi connectivity index (χ4n) is 4.34. The average Bonchev–Trinajstić information content (AvgIpc) is 3.01. The zero-order chi connectivity index (χ0) is 23.3. The number of carbonyl (C=O) groups excluding carboxylic acids is 1. The summed E-state index contributed by atoms with van der Waals surface area (Å²) in [4.78, 5) is 23.9. The van der Waals surface area contributed by atoms with Crippen molar-refractivity contribution in [1.29, 1.82) is 0 Å². The van der Waals surface area contributed by atoms with Crippen molar-refractivity contribution in [1.82, 2.24) is 19.4 Å². The van der Waals surface area contributed by atoms with E-state index < -0.39 is 11.1 Å². The first-order valence-electron chi connectivity index (χ1n) is 10.8. The van der Waals surface area contributed by atoms with Gasteiger partial charge in [0.05, 0.1) is 17.3 Å². The van der Waals surface area contributed by atoms with E-state index >= 15 is 0 Å². The molecule has 1 amide bonds. The molecule has 4 rings (SSSR count). The van der Waals surface area contributed by atoms with E-state index in [1.807, 2.05) is 54.8 Å². The lowest BCUT2D eigenvalue weighted by atomic mass is 9.73. The fourth-order valence-corrected chi connectivity index (χ4v) is 4.34. The number of hydrogen-bond donors (Lipinski definition) is 1. The quantitative estimate of drug-likeness (QED) is 0.579. The molecular weight excluding hydrogens is 405 g/mol. The van der Waals surface area contributed by atoms with Gasteiger partial charge >= 0.3 is 0 Å². The first-order chi connectivity index (χ1) is 15.0. The summed E-state index contributed by atoms with van der Waals surface area (Å²) in [5.41, 5.74) is 0.819. The number of nitrogens with zero attached hydrogens (tertiary/aromatic N) is 4. The first kappa shape index (κ1) is 22.1. The van der Waals surface area contributed by atoms with Crippen LogP contribution in [0.5, 0.6) is 0 Å². The van der Waals surface area contributed by atoms with Gasteiger partial charge in [-0.05, 0) is 45.2 Å². The van der Waals surface area contributed by atoms with E-state index in [0.29, 0.717) is 25.5 Å². The Hall–Kier alpha value is -3.06. The Morgan fingerprint density at radius 1 is 1.22 bits per heavy atom. The predicted molar refractivity (Wildman–Crippen MR) is 126 cm³/mol. The number of rotatable bonds is 6. The molecule has 7 heteroatoms. The molecule has 32 heavy (non-hydrogen) atoms. The lowest BCUT2D eigenvalue weighted by Crippen LogP contribution is -2.64. The minimum Gasteiger partial charge on any atom is -0.331 e. The number of aryl methyl sites for hydroxylation is 1. The van der Waals surface area contributed by atoms with Crippen LogP contribution in [0.3, 0.4) is 0 Å². The summed E-state index contributed by atoms with van der Waals surface area (Å²) >= 11 is 0. The summed E-state index contributed by atoms with van der Waals surface area (Å²) in [5, 5.41) is 4.93. The summed E-state index contributed by atoms with van der Waals surface area (Å²) in [6.45, 7) is 12.2. The van der Waals surface area contributed by atoms with Crippen molar-refractivity contribution < 1.29 is 9.18 Å². The summed E-state index contributed by atoms with van der Waals surface area (Å²) in [6.07, 6.45) is 3.62. The van der Waals surface area contributed by atoms with E-state index in [4.69, 9.17) is 0 Å². The minimum atomic E-state index is -1.30. The molecule has 0 saturated carbocycles. The molecule has 1 aromatic carbocycles. The third-order valence-corrected chi connectivity index (χ3v) is 6.32. The summed E-state index contributed by atoms with van der Waals surface area (Å²) < 4.78 is 16.1. The Labute approximate surface area is 188 Å². The number of halogens is 1. The van der Waals surface area contributed by atoms with E-state index in [1.54, 1.807) is 20.0 Å². The van der Waals surface area contributed by atoms with E-state index in [9.17, 15) is 9.18 Å². The van der Waals surface area contributed by atoms with Crippen LogP contribution in [-0.4, -0.2) is 50.6 Å². The number of fused-ring (bicyclic) bond motifs is 1. The van der Waals surface area contributed by atoms with Gasteiger partial charge in [-0.25, -0.2) is 14.4 Å². The maximum Gasteiger partial charge on any atom is 0.238 e. The molecule has 0 atom stereocenters. The number of nitrogens with one attached hydrogen (secondary N) is 1. The Balaban J connectivity index is 1.56. The second-order valence-electron chi connectivity index (χ2n) is 9.56. The van der Waals surface area contributed by atoms with Gasteiger partial charge in [0.25, 0.3) is 0 Å². The van der Waals surface area contributed by atoms with Gasteiger partial charge in [-0.1, -0.05) is 24.3 Å². The predicted octanol–water partition coefficient (Wildman–Crippen LogP) is 4.51. The molecule has 6 nitrogen and oxygen atoms in total. The zero-order valence-electron chi connectivity index (χ0n) is 19.4. The molecule has 1 aliphatic rings. The van der Waals surface area contributed by atoms with Crippen molar-refractivity contribution in [2.24, 2.45) is 12.5 Å². The van der Waals surface area contributed by atoms with Crippen molar-refractivity contribution in [3.05, 3.63) is 54.6 Å². The number of likely N-dealkylation sites (tertiary alicyclic amines) is 1. The summed E-state index contributed by atoms with van der Waals surface area (Å²) in [5.74, 6) is 1.28. The highest BCUT2D eigenvalue weighted by Crippen LogP contribution is 2.39. The molecule has 0 aliphatic carbocycles. The van der Waals surface area contributed by atoms with E-state index in [2.05, 4.69) is 27.9 Å². The molecule has 1 fully saturated rings. The number of carbonyl (C=O) groups is 1. The second-order valence-corrected chi connectivity index (χ2v) is 9.56. The highest BCUT2D eigenvalue weighted by atomic mass is 19.1. The molecule has 3 aromatic rings. The molecule has 1 aliphatic heterocycles. The first-order valence-corrected chi connectivity index (χ1v) is 10.8. The molecule has 0 spiro atoms. The Kier molecular flexibility index (Phi) is 5.41. The van der Waals surface area contributed by atoms with Gasteiger partial charge in [0.2, 0.25) is 5.91 Å². The van der Waals surface area contributed by atoms with E-state index in [0.717, 1.165) is 33.4 Å². The Morgan fingerprint density at radius 3 is 2.53 bits per heavy atom. The molecule has 1 N–H and O–H groups in total. The lowest BCUT2D eigenvalue weighted by Gasteiger charge is -2.50. The number of pyridine rings is 1. The average molecular weight is 436 g/mol. The van der Waals surface area contributed by atoms with Crippen molar-refractivity contribution in [2.45, 2.75) is 33.4 Å². The Morgan fingerprint density at radius 2 is 1.94 bits per heavy atom. The molecular formula is C25H30FN5O. The molecule has 168 valence electrons. The van der Waals surface area contributed by atoms with Crippen LogP contribution in [0.2, 0.25) is 0 Å². The smallest absolute Gasteiger partial charge is 0.238 e. The van der Waals surface area contributed by atoms with Crippen LogP contribution in [0.1, 0.15) is 26.6 Å². The number of amides is 1. The topological polar surface area (TPSA) is 63.1 Å². The van der Waals surface area contributed by atoms with Crippen LogP contribution >= 0.6 is 0 Å². The monoisotopic (exact) mass is 435 g/mol. The van der Waals surface area contributed by atoms with Crippen LogP contribution in [0.25, 0.3) is 22.0 Å². The number of aromatic nitrogens is 3. The summed E-state index contributed by atoms with van der Waals surface area (Å²) in [7, 11) is 1.99. The van der Waals surface area contributed by atoms with Crippen LogP contribution in [-0.2, 0) is 11.8 Å². The van der Waals surface area contributed by atoms with Gasteiger partial charge in [0, 0.05) is 43.8 Å². The van der Waals surface area contributed by atoms with Crippen molar-refractivity contribution in [3.8, 4) is 11.3 Å². The lowest BCUT2D eigenvalue weighted by molar-refractivity contribution is -0.133. The minimum absolute atomic E-state index is 0.150. The largest absolute Gasteiger partial charge is 0.331 e. The van der Waals surface area contributed by atoms with Crippen molar-refractivity contribution >= 4 is 22.5 Å². The molecule has 2 aromatic heterocycles. The Bertz CT molecular complexity index is 1200. The van der Waals surface area contributed by atoms with Crippen LogP contribution in [0, 0.1) is 12.3 Å². The molecule has 0 radical (unpaired) electrons. The van der Waals surface area contributed by atoms with Gasteiger partial charge in [0.15, 0.2) is 0 Å². The van der Waals surface area contributed by atoms with Crippen molar-refractivity contribution in [3.63, 3.8) is 0 Å². The highest BCUT2D eigenvalue weighted by molar-refractivity contribution is 5.99. The van der Waals surface area contributed by atoms with Crippen LogP contribution in [0.4, 0.5) is 10.2 Å². The van der Waals surface area contributed by atoms with Gasteiger partial charge in [0.1, 0.15) is 17.3 Å². The van der Waals surface area contributed by atoms with E-state index in [-0.39, 0.29) is 5.91 Å². The standard InChI is InChI=1S/C25H30FN5O/c1-16(2)25(14-31(15-25)13-24(4,5)26)23(32)29-22-10-20-9-18(7-8-19(20)11-28-22)21-12-27-17(3)30(21)6/h7-12H,1,13-15H2,2-6H3,(H,28,29,32). The van der Waals surface area contributed by atoms with Crippen LogP contribution in [0.15, 0.2) is 48.8 Å². The van der Waals surface area contributed by atoms with Gasteiger partial charge < -0.3 is 9.88 Å². The maximum absolute atomic E-state index is 14.0. The number of benzene rings is 1. The molecule has 0 bridgehead atoms. The fraction of sp³-hybridized carbons (Fsp3) is 0.400. The number of hydrogen-bond acceptors (Lipinski definition) is 4. The normalized spacial score (nSPS) is 16.1. The third-order valence-electron chi connectivity index (χ3n) is 6.32. The van der Waals surface area contributed by atoms with Crippen LogP contribution < -0.4 is 5.32 Å². The van der Waals surface area contributed by atoms with Gasteiger partial charge in [-0.15, -0.1) is 0 Å². The number of imidazole rings is 1. The van der Waals surface area contributed by atoms with Crippen molar-refractivity contribution in [2.75, 3.05) is 25.0 Å². The highest BCUT2D eigenvalue weighted by Gasteiger charge is 2.50. The van der Waals surface area contributed by atoms with Gasteiger partial charge in [-0.3, -0.25) is 9.69 Å². The second kappa shape index (κ2) is 7.81. The molecule has 3 heterocycles. The SMILES string of the molecule is C=C(C)C1(C(=O)Nc2cc3cc(-c4cnc(C)n4C)ccc3cn2)CN(CC(C)(C)F)C1. The summed E-state index contributed by atoms with van der Waals surface area (Å²) in [6, 6.07) is 8.02. The molecule has 0 unspecified atom stereocenters. The number of anilines is 1. The maximum atomic E-state index is 14.0. The number of alkyl halides is 1. The molecule has 1 saturated heterocycles. The van der Waals surface area contributed by atoms with Gasteiger partial charge in [-0.2, -0.15) is 0 Å².